The molecule has 0 spiro atoms. The third-order valence-electron chi connectivity index (χ3n) is 5.87. The minimum atomic E-state index is -0.145. The predicted octanol–water partition coefficient (Wildman–Crippen LogP) is 5.72. The molecular formula is C21H30O2. The van der Waals surface area contributed by atoms with Gasteiger partial charge in [0.25, 0.3) is 0 Å². The quantitative estimate of drug-likeness (QED) is 0.667. The predicted molar refractivity (Wildman–Crippen MR) is 93.7 cm³/mol. The number of hydrogen-bond donors (Lipinski definition) is 0. The minimum absolute atomic E-state index is 0.123. The van der Waals surface area contributed by atoms with E-state index >= 15 is 0 Å². The van der Waals surface area contributed by atoms with Crippen LogP contribution in [-0.2, 0) is 4.74 Å². The van der Waals surface area contributed by atoms with Crippen LogP contribution >= 0.6 is 0 Å². The molecule has 0 atom stereocenters. The van der Waals surface area contributed by atoms with Crippen LogP contribution in [0, 0.1) is 11.8 Å². The first-order valence-electron chi connectivity index (χ1n) is 9.42. The standard InChI is InChI=1S/C21H30O2/c1-15-3-7-17(8-4-15)18-9-11-19(12-10-18)21(22)23-20-13-5-16(2)6-14-20/h9-12,15-17,20H,3-8,13-14H2,1-2H3. The maximum atomic E-state index is 12.3. The summed E-state index contributed by atoms with van der Waals surface area (Å²) in [7, 11) is 0. The molecule has 0 unspecified atom stereocenters. The zero-order valence-corrected chi connectivity index (χ0v) is 14.6. The Kier molecular flexibility index (Phi) is 5.40. The van der Waals surface area contributed by atoms with Gasteiger partial charge in [-0.2, -0.15) is 0 Å². The second-order valence-corrected chi connectivity index (χ2v) is 7.87. The largest absolute Gasteiger partial charge is 0.459 e. The lowest BCUT2D eigenvalue weighted by molar-refractivity contribution is 0.0174. The molecule has 0 saturated heterocycles. The normalized spacial score (nSPS) is 31.6. The topological polar surface area (TPSA) is 26.3 Å². The average molecular weight is 314 g/mol. The Morgan fingerprint density at radius 3 is 1.91 bits per heavy atom. The second kappa shape index (κ2) is 7.51. The van der Waals surface area contributed by atoms with Gasteiger partial charge in [0.1, 0.15) is 6.10 Å². The zero-order chi connectivity index (χ0) is 16.2. The van der Waals surface area contributed by atoms with Crippen LogP contribution < -0.4 is 0 Å². The van der Waals surface area contributed by atoms with Crippen LogP contribution in [-0.4, -0.2) is 12.1 Å². The van der Waals surface area contributed by atoms with Gasteiger partial charge in [-0.3, -0.25) is 0 Å². The van der Waals surface area contributed by atoms with Crippen LogP contribution in [0.4, 0.5) is 0 Å². The maximum absolute atomic E-state index is 12.3. The Labute approximate surface area is 140 Å². The first-order chi connectivity index (χ1) is 11.1. The fourth-order valence-corrected chi connectivity index (χ4v) is 4.05. The molecule has 2 saturated carbocycles. The Morgan fingerprint density at radius 1 is 0.826 bits per heavy atom. The highest BCUT2D eigenvalue weighted by molar-refractivity contribution is 5.89. The van der Waals surface area contributed by atoms with Gasteiger partial charge in [0.2, 0.25) is 0 Å². The summed E-state index contributed by atoms with van der Waals surface area (Å²) < 4.78 is 5.69. The number of ether oxygens (including phenoxy) is 1. The molecule has 2 heteroatoms. The van der Waals surface area contributed by atoms with Crippen LogP contribution in [0.3, 0.4) is 0 Å². The van der Waals surface area contributed by atoms with Crippen molar-refractivity contribution in [3.63, 3.8) is 0 Å². The van der Waals surface area contributed by atoms with E-state index in [1.54, 1.807) is 0 Å². The number of carbonyl (C=O) groups is 1. The summed E-state index contributed by atoms with van der Waals surface area (Å²) in [6.07, 6.45) is 9.74. The SMILES string of the molecule is CC1CCC(OC(=O)c2ccc(C3CCC(C)CC3)cc2)CC1. The molecule has 2 aliphatic carbocycles. The minimum Gasteiger partial charge on any atom is -0.459 e. The van der Waals surface area contributed by atoms with Gasteiger partial charge in [0, 0.05) is 0 Å². The molecule has 0 bridgehead atoms. The van der Waals surface area contributed by atoms with Crippen LogP contribution in [0.25, 0.3) is 0 Å². The average Bonchev–Trinajstić information content (AvgIpc) is 2.58. The molecule has 23 heavy (non-hydrogen) atoms. The van der Waals surface area contributed by atoms with Crippen LogP contribution in [0.2, 0.25) is 0 Å². The number of carbonyl (C=O) groups excluding carboxylic acids is 1. The van der Waals surface area contributed by atoms with E-state index < -0.39 is 0 Å². The first kappa shape index (κ1) is 16.5. The van der Waals surface area contributed by atoms with Gasteiger partial charge < -0.3 is 4.74 Å². The van der Waals surface area contributed by atoms with Crippen LogP contribution in [0.5, 0.6) is 0 Å². The number of benzene rings is 1. The number of esters is 1. The lowest BCUT2D eigenvalue weighted by Crippen LogP contribution is -2.23. The third-order valence-corrected chi connectivity index (χ3v) is 5.87. The summed E-state index contributed by atoms with van der Waals surface area (Å²) in [5, 5.41) is 0. The van der Waals surface area contributed by atoms with Gasteiger partial charge in [-0.25, -0.2) is 4.79 Å². The van der Waals surface area contributed by atoms with Crippen molar-refractivity contribution in [3.05, 3.63) is 35.4 Å². The maximum Gasteiger partial charge on any atom is 0.338 e. The lowest BCUT2D eigenvalue weighted by Gasteiger charge is -2.27. The highest BCUT2D eigenvalue weighted by atomic mass is 16.5. The van der Waals surface area contributed by atoms with Crippen molar-refractivity contribution in [1.82, 2.24) is 0 Å². The van der Waals surface area contributed by atoms with Gasteiger partial charge in [0.05, 0.1) is 5.56 Å². The monoisotopic (exact) mass is 314 g/mol. The van der Waals surface area contributed by atoms with Gasteiger partial charge in [-0.15, -0.1) is 0 Å². The smallest absolute Gasteiger partial charge is 0.338 e. The van der Waals surface area contributed by atoms with E-state index in [0.29, 0.717) is 11.5 Å². The summed E-state index contributed by atoms with van der Waals surface area (Å²) in [5.74, 6) is 2.19. The van der Waals surface area contributed by atoms with Crippen molar-refractivity contribution >= 4 is 5.97 Å². The Balaban J connectivity index is 1.55. The summed E-state index contributed by atoms with van der Waals surface area (Å²) in [6, 6.07) is 8.20. The van der Waals surface area contributed by atoms with E-state index in [1.165, 1.54) is 44.1 Å². The summed E-state index contributed by atoms with van der Waals surface area (Å²) in [5.41, 5.74) is 2.09. The molecule has 0 heterocycles. The number of rotatable bonds is 3. The molecule has 0 N–H and O–H groups in total. The Hall–Kier alpha value is -1.31. The van der Waals surface area contributed by atoms with Crippen molar-refractivity contribution in [3.8, 4) is 0 Å². The molecule has 0 aromatic heterocycles. The van der Waals surface area contributed by atoms with Crippen molar-refractivity contribution in [2.45, 2.75) is 77.2 Å². The molecule has 1 aromatic carbocycles. The zero-order valence-electron chi connectivity index (χ0n) is 14.6. The van der Waals surface area contributed by atoms with E-state index in [0.717, 1.165) is 24.7 Å². The van der Waals surface area contributed by atoms with E-state index in [2.05, 4.69) is 26.0 Å². The molecule has 2 aliphatic rings. The fraction of sp³-hybridized carbons (Fsp3) is 0.667. The summed E-state index contributed by atoms with van der Waals surface area (Å²) in [6.45, 7) is 4.63. The van der Waals surface area contributed by atoms with E-state index in [9.17, 15) is 4.79 Å². The molecular weight excluding hydrogens is 284 g/mol. The summed E-state index contributed by atoms with van der Waals surface area (Å²) in [4.78, 5) is 12.3. The number of hydrogen-bond acceptors (Lipinski definition) is 2. The van der Waals surface area contributed by atoms with Gasteiger partial charge in [-0.1, -0.05) is 38.8 Å². The Bertz CT molecular complexity index is 503. The molecule has 126 valence electrons. The van der Waals surface area contributed by atoms with E-state index in [4.69, 9.17) is 4.74 Å². The fourth-order valence-electron chi connectivity index (χ4n) is 4.05. The van der Waals surface area contributed by atoms with Gasteiger partial charge in [0.15, 0.2) is 0 Å². The molecule has 1 aromatic rings. The van der Waals surface area contributed by atoms with Crippen molar-refractivity contribution in [2.24, 2.45) is 11.8 Å². The first-order valence-corrected chi connectivity index (χ1v) is 9.42. The second-order valence-electron chi connectivity index (χ2n) is 7.87. The molecule has 0 aliphatic heterocycles. The third kappa shape index (κ3) is 4.37. The molecule has 0 radical (unpaired) electrons. The van der Waals surface area contributed by atoms with Crippen molar-refractivity contribution < 1.29 is 9.53 Å². The van der Waals surface area contributed by atoms with Gasteiger partial charge in [-0.05, 0) is 74.0 Å². The highest BCUT2D eigenvalue weighted by Crippen LogP contribution is 2.35. The molecule has 3 rings (SSSR count). The van der Waals surface area contributed by atoms with E-state index in [1.807, 2.05) is 12.1 Å². The van der Waals surface area contributed by atoms with E-state index in [-0.39, 0.29) is 12.1 Å². The van der Waals surface area contributed by atoms with Gasteiger partial charge >= 0.3 is 5.97 Å². The van der Waals surface area contributed by atoms with Crippen molar-refractivity contribution in [1.29, 1.82) is 0 Å². The summed E-state index contributed by atoms with van der Waals surface area (Å²) >= 11 is 0. The molecule has 2 fully saturated rings. The Morgan fingerprint density at radius 2 is 1.35 bits per heavy atom. The molecule has 2 nitrogen and oxygen atoms in total. The lowest BCUT2D eigenvalue weighted by atomic mass is 9.79. The van der Waals surface area contributed by atoms with Crippen LogP contribution in [0.15, 0.2) is 24.3 Å². The highest BCUT2D eigenvalue weighted by Gasteiger charge is 2.23. The van der Waals surface area contributed by atoms with Crippen LogP contribution in [0.1, 0.15) is 87.1 Å². The molecule has 0 amide bonds. The van der Waals surface area contributed by atoms with Crippen molar-refractivity contribution in [2.75, 3.05) is 0 Å².